The predicted octanol–water partition coefficient (Wildman–Crippen LogP) is 3.88. The summed E-state index contributed by atoms with van der Waals surface area (Å²) in [6, 6.07) is 15.4. The monoisotopic (exact) mass is 491 g/mol. The maximum Gasteiger partial charge on any atom is 0.279 e. The largest absolute Gasteiger partial charge is 0.284 e. The van der Waals surface area contributed by atoms with Crippen LogP contribution in [-0.2, 0) is 20.0 Å². The number of hydrogen-bond donors (Lipinski definition) is 1. The van der Waals surface area contributed by atoms with Crippen LogP contribution in [0, 0.1) is 11.6 Å². The van der Waals surface area contributed by atoms with Crippen molar-refractivity contribution in [1.29, 1.82) is 0 Å². The molecule has 0 saturated carbocycles. The first kappa shape index (κ1) is 22.9. The van der Waals surface area contributed by atoms with E-state index in [-0.39, 0.29) is 16.9 Å². The van der Waals surface area contributed by atoms with E-state index in [0.29, 0.717) is 17.0 Å². The standard InChI is InChI=1S/C22H19F2N3O4S2/c1-32(28,29)26-17-10-6-15(7-11-17)21-14-22(19-4-2-3-5-20(19)24)27(25-21)33(30,31)18-12-8-16(23)9-13-18/h2-13,22,26H,14H2,1H3. The molecule has 1 atom stereocenters. The van der Waals surface area contributed by atoms with Crippen LogP contribution < -0.4 is 4.72 Å². The van der Waals surface area contributed by atoms with E-state index in [1.54, 1.807) is 18.2 Å². The highest BCUT2D eigenvalue weighted by molar-refractivity contribution is 7.92. The fraction of sp³-hybridized carbons (Fsp3) is 0.136. The lowest BCUT2D eigenvalue weighted by Crippen LogP contribution is -2.28. The molecular weight excluding hydrogens is 472 g/mol. The molecule has 0 amide bonds. The minimum absolute atomic E-state index is 0.0835. The molecule has 4 rings (SSSR count). The molecule has 1 aliphatic rings. The van der Waals surface area contributed by atoms with Gasteiger partial charge in [0.05, 0.1) is 22.9 Å². The Labute approximate surface area is 190 Å². The first-order valence-corrected chi connectivity index (χ1v) is 13.1. The van der Waals surface area contributed by atoms with Crippen LogP contribution in [0.4, 0.5) is 14.5 Å². The smallest absolute Gasteiger partial charge is 0.279 e. The van der Waals surface area contributed by atoms with Crippen LogP contribution in [0.5, 0.6) is 0 Å². The van der Waals surface area contributed by atoms with Crippen molar-refractivity contribution < 1.29 is 25.6 Å². The number of rotatable bonds is 6. The molecule has 1 unspecified atom stereocenters. The number of nitrogens with zero attached hydrogens (tertiary/aromatic N) is 2. The van der Waals surface area contributed by atoms with Gasteiger partial charge in [0, 0.05) is 17.7 Å². The van der Waals surface area contributed by atoms with E-state index >= 15 is 0 Å². The maximum absolute atomic E-state index is 14.6. The highest BCUT2D eigenvalue weighted by atomic mass is 32.2. The molecule has 3 aromatic carbocycles. The normalized spacial score (nSPS) is 16.5. The van der Waals surface area contributed by atoms with Gasteiger partial charge in [0.1, 0.15) is 11.6 Å². The van der Waals surface area contributed by atoms with Crippen molar-refractivity contribution in [2.45, 2.75) is 17.4 Å². The van der Waals surface area contributed by atoms with Crippen LogP contribution in [0.1, 0.15) is 23.6 Å². The van der Waals surface area contributed by atoms with Gasteiger partial charge in [0.15, 0.2) is 0 Å². The third kappa shape index (κ3) is 4.88. The second-order valence-corrected chi connectivity index (χ2v) is 11.0. The molecule has 33 heavy (non-hydrogen) atoms. The lowest BCUT2D eigenvalue weighted by atomic mass is 9.99. The Bertz CT molecular complexity index is 1420. The molecule has 11 heteroatoms. The lowest BCUT2D eigenvalue weighted by molar-refractivity contribution is 0.362. The molecule has 0 fully saturated rings. The van der Waals surface area contributed by atoms with Gasteiger partial charge in [0.2, 0.25) is 10.0 Å². The Morgan fingerprint density at radius 2 is 1.55 bits per heavy atom. The van der Waals surface area contributed by atoms with Crippen molar-refractivity contribution in [3.63, 3.8) is 0 Å². The van der Waals surface area contributed by atoms with Crippen LogP contribution in [0.3, 0.4) is 0 Å². The van der Waals surface area contributed by atoms with Crippen LogP contribution >= 0.6 is 0 Å². The summed E-state index contributed by atoms with van der Waals surface area (Å²) in [4.78, 5) is -0.178. The Hall–Kier alpha value is -3.31. The summed E-state index contributed by atoms with van der Waals surface area (Å²) in [6.07, 6.45) is 1.11. The predicted molar refractivity (Wildman–Crippen MR) is 121 cm³/mol. The van der Waals surface area contributed by atoms with Crippen LogP contribution in [0.2, 0.25) is 0 Å². The first-order valence-electron chi connectivity index (χ1n) is 9.75. The molecule has 0 radical (unpaired) electrons. The number of sulfonamides is 2. The van der Waals surface area contributed by atoms with Crippen molar-refractivity contribution in [2.75, 3.05) is 11.0 Å². The molecule has 3 aromatic rings. The van der Waals surface area contributed by atoms with Crippen molar-refractivity contribution in [3.8, 4) is 0 Å². The number of halogens is 2. The highest BCUT2D eigenvalue weighted by Gasteiger charge is 2.38. The Balaban J connectivity index is 1.75. The van der Waals surface area contributed by atoms with E-state index < -0.39 is 37.7 Å². The van der Waals surface area contributed by atoms with E-state index in [9.17, 15) is 25.6 Å². The van der Waals surface area contributed by atoms with E-state index in [2.05, 4.69) is 9.82 Å². The quantitative estimate of drug-likeness (QED) is 0.566. The van der Waals surface area contributed by atoms with Gasteiger partial charge in [-0.05, 0) is 48.0 Å². The molecule has 0 aromatic heterocycles. The summed E-state index contributed by atoms with van der Waals surface area (Å²) in [5.41, 5.74) is 1.41. The van der Waals surface area contributed by atoms with Gasteiger partial charge in [-0.15, -0.1) is 0 Å². The minimum atomic E-state index is -4.22. The molecule has 0 spiro atoms. The third-order valence-corrected chi connectivity index (χ3v) is 7.32. The Morgan fingerprint density at radius 1 is 0.909 bits per heavy atom. The number of hydrazone groups is 1. The van der Waals surface area contributed by atoms with Crippen LogP contribution in [0.15, 0.2) is 82.8 Å². The Kier molecular flexibility index (Phi) is 5.93. The number of benzene rings is 3. The zero-order chi connectivity index (χ0) is 23.8. The fourth-order valence-corrected chi connectivity index (χ4v) is 5.51. The van der Waals surface area contributed by atoms with Gasteiger partial charge in [0.25, 0.3) is 10.0 Å². The van der Waals surface area contributed by atoms with Gasteiger partial charge in [-0.2, -0.15) is 17.9 Å². The topological polar surface area (TPSA) is 95.9 Å². The molecule has 172 valence electrons. The van der Waals surface area contributed by atoms with Crippen molar-refractivity contribution in [3.05, 3.63) is 95.6 Å². The molecule has 0 aliphatic carbocycles. The average molecular weight is 492 g/mol. The summed E-state index contributed by atoms with van der Waals surface area (Å²) in [5, 5.41) is 4.29. The van der Waals surface area contributed by atoms with E-state index in [1.165, 1.54) is 30.3 Å². The Morgan fingerprint density at radius 3 is 2.15 bits per heavy atom. The van der Waals surface area contributed by atoms with E-state index in [4.69, 9.17) is 0 Å². The van der Waals surface area contributed by atoms with Gasteiger partial charge < -0.3 is 0 Å². The van der Waals surface area contributed by atoms with Crippen molar-refractivity contribution >= 4 is 31.4 Å². The second-order valence-electron chi connectivity index (χ2n) is 7.47. The molecule has 1 N–H and O–H groups in total. The highest BCUT2D eigenvalue weighted by Crippen LogP contribution is 2.38. The van der Waals surface area contributed by atoms with Crippen molar-refractivity contribution in [2.24, 2.45) is 5.10 Å². The fourth-order valence-electron chi connectivity index (χ4n) is 3.52. The van der Waals surface area contributed by atoms with Gasteiger partial charge in [-0.3, -0.25) is 4.72 Å². The lowest BCUT2D eigenvalue weighted by Gasteiger charge is -2.23. The van der Waals surface area contributed by atoms with Crippen molar-refractivity contribution in [1.82, 2.24) is 4.41 Å². The molecule has 1 heterocycles. The first-order chi connectivity index (χ1) is 15.5. The maximum atomic E-state index is 14.6. The molecule has 0 bridgehead atoms. The zero-order valence-corrected chi connectivity index (χ0v) is 18.9. The molecule has 7 nitrogen and oxygen atoms in total. The summed E-state index contributed by atoms with van der Waals surface area (Å²) < 4.78 is 80.6. The number of anilines is 1. The zero-order valence-electron chi connectivity index (χ0n) is 17.3. The van der Waals surface area contributed by atoms with Gasteiger partial charge in [-0.1, -0.05) is 30.3 Å². The summed E-state index contributed by atoms with van der Waals surface area (Å²) in [6.45, 7) is 0. The summed E-state index contributed by atoms with van der Waals surface area (Å²) in [7, 11) is -7.68. The average Bonchev–Trinajstić information content (AvgIpc) is 3.20. The molecule has 1 aliphatic heterocycles. The number of hydrogen-bond acceptors (Lipinski definition) is 5. The molecule has 0 saturated heterocycles. The second kappa shape index (κ2) is 8.56. The molecular formula is C22H19F2N3O4S2. The van der Waals surface area contributed by atoms with Gasteiger partial charge >= 0.3 is 0 Å². The summed E-state index contributed by atoms with van der Waals surface area (Å²) >= 11 is 0. The van der Waals surface area contributed by atoms with Crippen LogP contribution in [0.25, 0.3) is 0 Å². The van der Waals surface area contributed by atoms with E-state index in [1.807, 2.05) is 0 Å². The SMILES string of the molecule is CS(=O)(=O)Nc1ccc(C2=NN(S(=O)(=O)c3ccc(F)cc3)C(c3ccccc3F)C2)cc1. The summed E-state index contributed by atoms with van der Waals surface area (Å²) in [5.74, 6) is -1.17. The third-order valence-electron chi connectivity index (χ3n) is 5.02. The van der Waals surface area contributed by atoms with Gasteiger partial charge in [-0.25, -0.2) is 17.2 Å². The van der Waals surface area contributed by atoms with E-state index in [0.717, 1.165) is 34.9 Å². The minimum Gasteiger partial charge on any atom is -0.284 e. The number of nitrogens with one attached hydrogen (secondary N) is 1. The van der Waals surface area contributed by atoms with Crippen LogP contribution in [-0.4, -0.2) is 33.2 Å².